The molecule has 1 aromatic carbocycles. The lowest BCUT2D eigenvalue weighted by molar-refractivity contribution is -0.385. The number of rotatable bonds is 6. The summed E-state index contributed by atoms with van der Waals surface area (Å²) in [5.74, 6) is -0.731. The van der Waals surface area contributed by atoms with Gasteiger partial charge in [0.2, 0.25) is 0 Å². The van der Waals surface area contributed by atoms with E-state index in [-0.39, 0.29) is 0 Å². The van der Waals surface area contributed by atoms with Crippen LogP contribution in [0.1, 0.15) is 37.7 Å². The van der Waals surface area contributed by atoms with Crippen molar-refractivity contribution in [1.29, 1.82) is 0 Å². The van der Waals surface area contributed by atoms with Crippen molar-refractivity contribution in [3.05, 3.63) is 33.9 Å². The molecule has 1 amide bonds. The second-order valence-electron chi connectivity index (χ2n) is 6.03. The van der Waals surface area contributed by atoms with Crippen molar-refractivity contribution in [2.24, 2.45) is 5.92 Å². The summed E-state index contributed by atoms with van der Waals surface area (Å²) in [4.78, 5) is 21.5. The number of hydrogen-bond donors (Lipinski definition) is 1. The highest BCUT2D eigenvalue weighted by Gasteiger charge is 2.36. The molecule has 138 valence electrons. The number of ether oxygens (including phenoxy) is 1. The van der Waals surface area contributed by atoms with Gasteiger partial charge in [0.15, 0.2) is 6.61 Å². The maximum absolute atomic E-state index is 13.0. The number of halogens is 3. The van der Waals surface area contributed by atoms with E-state index in [0.29, 0.717) is 18.5 Å². The maximum Gasteiger partial charge on any atom is 0.420 e. The lowest BCUT2D eigenvalue weighted by atomic mass is 9.89. The number of nitro benzene ring substituents is 1. The number of non-ortho nitro benzene ring substituents is 1. The van der Waals surface area contributed by atoms with E-state index >= 15 is 0 Å². The van der Waals surface area contributed by atoms with Crippen LogP contribution in [0.2, 0.25) is 0 Å². The Kier molecular flexibility index (Phi) is 6.22. The summed E-state index contributed by atoms with van der Waals surface area (Å²) in [5.41, 5.74) is -1.97. The molecule has 0 aliphatic heterocycles. The zero-order valence-corrected chi connectivity index (χ0v) is 13.5. The third kappa shape index (κ3) is 5.61. The average molecular weight is 360 g/mol. The molecule has 1 aliphatic carbocycles. The van der Waals surface area contributed by atoms with Gasteiger partial charge < -0.3 is 10.1 Å². The van der Waals surface area contributed by atoms with Gasteiger partial charge in [0, 0.05) is 18.7 Å². The van der Waals surface area contributed by atoms with Gasteiger partial charge in [-0.25, -0.2) is 0 Å². The first-order valence-electron chi connectivity index (χ1n) is 8.02. The Morgan fingerprint density at radius 3 is 2.56 bits per heavy atom. The van der Waals surface area contributed by atoms with Crippen molar-refractivity contribution in [2.45, 2.75) is 38.3 Å². The van der Waals surface area contributed by atoms with E-state index < -0.39 is 40.6 Å². The lowest BCUT2D eigenvalue weighted by Gasteiger charge is -2.21. The number of carbonyl (C=O) groups is 1. The highest BCUT2D eigenvalue weighted by atomic mass is 19.4. The van der Waals surface area contributed by atoms with Crippen LogP contribution >= 0.6 is 0 Å². The van der Waals surface area contributed by atoms with Gasteiger partial charge >= 0.3 is 6.18 Å². The largest absolute Gasteiger partial charge is 0.483 e. The minimum Gasteiger partial charge on any atom is -0.483 e. The van der Waals surface area contributed by atoms with Crippen molar-refractivity contribution in [2.75, 3.05) is 13.2 Å². The highest BCUT2D eigenvalue weighted by Crippen LogP contribution is 2.38. The number of alkyl halides is 3. The van der Waals surface area contributed by atoms with Crippen LogP contribution in [0, 0.1) is 16.0 Å². The van der Waals surface area contributed by atoms with E-state index in [9.17, 15) is 28.1 Å². The van der Waals surface area contributed by atoms with Crippen molar-refractivity contribution in [1.82, 2.24) is 5.32 Å². The molecule has 1 aromatic rings. The molecule has 0 spiro atoms. The quantitative estimate of drug-likeness (QED) is 0.620. The molecule has 0 aromatic heterocycles. The molecule has 1 aliphatic rings. The summed E-state index contributed by atoms with van der Waals surface area (Å²) >= 11 is 0. The van der Waals surface area contributed by atoms with Gasteiger partial charge in [-0.15, -0.1) is 0 Å². The lowest BCUT2D eigenvalue weighted by Crippen LogP contribution is -2.34. The summed E-state index contributed by atoms with van der Waals surface area (Å²) in [6.45, 7) is -0.0950. The number of nitrogens with one attached hydrogen (secondary N) is 1. The summed E-state index contributed by atoms with van der Waals surface area (Å²) < 4.78 is 44.0. The molecule has 0 atom stereocenters. The van der Waals surface area contributed by atoms with E-state index in [1.54, 1.807) is 0 Å². The Labute approximate surface area is 142 Å². The average Bonchev–Trinajstić information content (AvgIpc) is 2.58. The molecule has 1 fully saturated rings. The maximum atomic E-state index is 13.0. The number of carbonyl (C=O) groups excluding carboxylic acids is 1. The van der Waals surface area contributed by atoms with Crippen LogP contribution in [0.15, 0.2) is 18.2 Å². The first-order valence-corrected chi connectivity index (χ1v) is 8.02. The van der Waals surface area contributed by atoms with Crippen LogP contribution in [0.3, 0.4) is 0 Å². The van der Waals surface area contributed by atoms with Crippen LogP contribution in [0.4, 0.5) is 18.9 Å². The minimum atomic E-state index is -4.82. The smallest absolute Gasteiger partial charge is 0.420 e. The van der Waals surface area contributed by atoms with Crippen LogP contribution in [0.25, 0.3) is 0 Å². The number of nitro groups is 1. The summed E-state index contributed by atoms with van der Waals surface area (Å²) in [6.07, 6.45) is 0.667. The van der Waals surface area contributed by atoms with E-state index in [0.717, 1.165) is 37.8 Å². The Morgan fingerprint density at radius 1 is 1.28 bits per heavy atom. The fourth-order valence-corrected chi connectivity index (χ4v) is 2.82. The SMILES string of the molecule is O=C(COc1ccc([N+](=O)[O-])cc1C(F)(F)F)NCC1CCCCC1. The number of hydrogen-bond acceptors (Lipinski definition) is 4. The van der Waals surface area contributed by atoms with Gasteiger partial charge in [0.05, 0.1) is 4.92 Å². The van der Waals surface area contributed by atoms with Gasteiger partial charge in [-0.2, -0.15) is 13.2 Å². The Morgan fingerprint density at radius 2 is 1.96 bits per heavy atom. The Hall–Kier alpha value is -2.32. The second kappa shape index (κ2) is 8.17. The molecule has 0 radical (unpaired) electrons. The predicted octanol–water partition coefficient (Wildman–Crippen LogP) is 3.69. The molecule has 0 bridgehead atoms. The molecule has 0 saturated heterocycles. The third-order valence-corrected chi connectivity index (χ3v) is 4.15. The topological polar surface area (TPSA) is 81.5 Å². The van der Waals surface area contributed by atoms with Crippen LogP contribution in [-0.4, -0.2) is 24.0 Å². The first-order chi connectivity index (χ1) is 11.8. The van der Waals surface area contributed by atoms with E-state index in [4.69, 9.17) is 4.74 Å². The molecule has 2 rings (SSSR count). The standard InChI is InChI=1S/C16H19F3N2O4/c17-16(18,19)13-8-12(21(23)24)6-7-14(13)25-10-15(22)20-9-11-4-2-1-3-5-11/h6-8,11H,1-5,9-10H2,(H,20,22). The highest BCUT2D eigenvalue weighted by molar-refractivity contribution is 5.77. The Balaban J connectivity index is 1.94. The van der Waals surface area contributed by atoms with Crippen molar-refractivity contribution in [3.8, 4) is 5.75 Å². The monoisotopic (exact) mass is 360 g/mol. The molecule has 9 heteroatoms. The molecule has 1 N–H and O–H groups in total. The van der Waals surface area contributed by atoms with Gasteiger partial charge in [0.1, 0.15) is 11.3 Å². The number of benzene rings is 1. The summed E-state index contributed by atoms with van der Waals surface area (Å²) in [6, 6.07) is 2.16. The van der Waals surface area contributed by atoms with E-state index in [2.05, 4.69) is 5.32 Å². The Bertz CT molecular complexity index is 628. The van der Waals surface area contributed by atoms with Gasteiger partial charge in [-0.05, 0) is 24.8 Å². The summed E-state index contributed by atoms with van der Waals surface area (Å²) in [7, 11) is 0. The van der Waals surface area contributed by atoms with Crippen molar-refractivity contribution >= 4 is 11.6 Å². The normalized spacial score (nSPS) is 15.6. The van der Waals surface area contributed by atoms with Gasteiger partial charge in [-0.3, -0.25) is 14.9 Å². The number of amides is 1. The van der Waals surface area contributed by atoms with Crippen LogP contribution < -0.4 is 10.1 Å². The van der Waals surface area contributed by atoms with E-state index in [1.165, 1.54) is 6.42 Å². The first kappa shape index (κ1) is 19.0. The molecule has 6 nitrogen and oxygen atoms in total. The van der Waals surface area contributed by atoms with Gasteiger partial charge in [0.25, 0.3) is 11.6 Å². The van der Waals surface area contributed by atoms with E-state index in [1.807, 2.05) is 0 Å². The molecule has 0 unspecified atom stereocenters. The summed E-state index contributed by atoms with van der Waals surface area (Å²) in [5, 5.41) is 13.3. The zero-order valence-electron chi connectivity index (χ0n) is 13.5. The molecule has 25 heavy (non-hydrogen) atoms. The fourth-order valence-electron chi connectivity index (χ4n) is 2.82. The van der Waals surface area contributed by atoms with Crippen molar-refractivity contribution in [3.63, 3.8) is 0 Å². The zero-order chi connectivity index (χ0) is 18.4. The van der Waals surface area contributed by atoms with Gasteiger partial charge in [-0.1, -0.05) is 19.3 Å². The molecular weight excluding hydrogens is 341 g/mol. The fraction of sp³-hybridized carbons (Fsp3) is 0.562. The molecule has 0 heterocycles. The minimum absolute atomic E-state index is 0.391. The van der Waals surface area contributed by atoms with Crippen LogP contribution in [0.5, 0.6) is 5.75 Å². The second-order valence-corrected chi connectivity index (χ2v) is 6.03. The molecule has 1 saturated carbocycles. The molecular formula is C16H19F3N2O4. The van der Waals surface area contributed by atoms with Crippen molar-refractivity contribution < 1.29 is 27.6 Å². The number of nitrogens with zero attached hydrogens (tertiary/aromatic N) is 1. The predicted molar refractivity (Wildman–Crippen MR) is 83.2 cm³/mol. The third-order valence-electron chi connectivity index (χ3n) is 4.15. The van der Waals surface area contributed by atoms with Crippen LogP contribution in [-0.2, 0) is 11.0 Å².